The van der Waals surface area contributed by atoms with Gasteiger partial charge in [-0.15, -0.1) is 6.58 Å². The van der Waals surface area contributed by atoms with Crippen LogP contribution >= 0.6 is 0 Å². The van der Waals surface area contributed by atoms with E-state index in [-0.39, 0.29) is 5.78 Å². The molecule has 0 atom stereocenters. The Morgan fingerprint density at radius 1 is 1.05 bits per heavy atom. The molecule has 2 aromatic carbocycles. The van der Waals surface area contributed by atoms with Crippen LogP contribution in [0.15, 0.2) is 67.3 Å². The Morgan fingerprint density at radius 3 is 2.40 bits per heavy atom. The molecule has 0 spiro atoms. The molecule has 2 aromatic rings. The highest BCUT2D eigenvalue weighted by Gasteiger charge is 2.04. The van der Waals surface area contributed by atoms with Crippen molar-refractivity contribution >= 4 is 5.78 Å². The van der Waals surface area contributed by atoms with Gasteiger partial charge in [-0.25, -0.2) is 0 Å². The number of rotatable bonds is 7. The molecule has 0 radical (unpaired) electrons. The van der Waals surface area contributed by atoms with Gasteiger partial charge in [-0.05, 0) is 36.2 Å². The molecular weight excluding hydrogens is 248 g/mol. The highest BCUT2D eigenvalue weighted by molar-refractivity contribution is 5.96. The molecule has 0 N–H and O–H groups in total. The normalized spacial score (nSPS) is 10.0. The van der Waals surface area contributed by atoms with Gasteiger partial charge in [0.05, 0.1) is 0 Å². The van der Waals surface area contributed by atoms with Gasteiger partial charge in [0.25, 0.3) is 0 Å². The van der Waals surface area contributed by atoms with Gasteiger partial charge in [-0.3, -0.25) is 4.79 Å². The second-order valence-electron chi connectivity index (χ2n) is 4.55. The van der Waals surface area contributed by atoms with Gasteiger partial charge in [0, 0.05) is 12.0 Å². The first-order valence-electron chi connectivity index (χ1n) is 6.70. The zero-order chi connectivity index (χ0) is 14.2. The van der Waals surface area contributed by atoms with Gasteiger partial charge in [-0.1, -0.05) is 36.4 Å². The third kappa shape index (κ3) is 4.09. The fourth-order valence-corrected chi connectivity index (χ4v) is 1.86. The van der Waals surface area contributed by atoms with Crippen molar-refractivity contribution in [3.05, 3.63) is 78.4 Å². The van der Waals surface area contributed by atoms with Gasteiger partial charge in [0.15, 0.2) is 5.78 Å². The Bertz CT molecular complexity index is 556. The van der Waals surface area contributed by atoms with Crippen molar-refractivity contribution in [3.63, 3.8) is 0 Å². The Hall–Kier alpha value is -2.35. The van der Waals surface area contributed by atoms with Crippen LogP contribution in [0.2, 0.25) is 0 Å². The number of hydrogen-bond donors (Lipinski definition) is 0. The standard InChI is InChI=1S/C18H18O2/c1-2-3-9-18(19)16-10-12-17(13-11-16)20-14-15-7-5-4-6-8-15/h2,4-8,10-13H,1,3,9,14H2. The van der Waals surface area contributed by atoms with Crippen LogP contribution in [0.3, 0.4) is 0 Å². The van der Waals surface area contributed by atoms with Gasteiger partial charge in [0.2, 0.25) is 0 Å². The van der Waals surface area contributed by atoms with Crippen molar-refractivity contribution in [1.82, 2.24) is 0 Å². The fourth-order valence-electron chi connectivity index (χ4n) is 1.86. The van der Waals surface area contributed by atoms with Crippen LogP contribution in [0.5, 0.6) is 5.75 Å². The second kappa shape index (κ2) is 7.29. The monoisotopic (exact) mass is 266 g/mol. The summed E-state index contributed by atoms with van der Waals surface area (Å²) in [5, 5.41) is 0. The maximum Gasteiger partial charge on any atom is 0.163 e. The molecule has 0 fully saturated rings. The first kappa shape index (κ1) is 14.1. The summed E-state index contributed by atoms with van der Waals surface area (Å²) in [6, 6.07) is 17.3. The average molecular weight is 266 g/mol. The van der Waals surface area contributed by atoms with Crippen LogP contribution in [0, 0.1) is 0 Å². The minimum Gasteiger partial charge on any atom is -0.489 e. The van der Waals surface area contributed by atoms with Crippen LogP contribution in [0.1, 0.15) is 28.8 Å². The number of benzene rings is 2. The Balaban J connectivity index is 1.91. The Morgan fingerprint density at radius 2 is 1.75 bits per heavy atom. The van der Waals surface area contributed by atoms with E-state index in [4.69, 9.17) is 4.74 Å². The Labute approximate surface area is 119 Å². The molecule has 2 rings (SSSR count). The highest BCUT2D eigenvalue weighted by Crippen LogP contribution is 2.15. The number of Topliss-reactive ketones (excluding diaryl/α,β-unsaturated/α-hetero) is 1. The molecule has 0 aliphatic rings. The highest BCUT2D eigenvalue weighted by atomic mass is 16.5. The van der Waals surface area contributed by atoms with Crippen LogP contribution in [0.25, 0.3) is 0 Å². The van der Waals surface area contributed by atoms with Gasteiger partial charge in [-0.2, -0.15) is 0 Å². The van der Waals surface area contributed by atoms with Crippen LogP contribution in [-0.2, 0) is 6.61 Å². The van der Waals surface area contributed by atoms with E-state index < -0.39 is 0 Å². The van der Waals surface area contributed by atoms with E-state index in [1.807, 2.05) is 54.6 Å². The van der Waals surface area contributed by atoms with Crippen molar-refractivity contribution in [2.45, 2.75) is 19.4 Å². The SMILES string of the molecule is C=CCCC(=O)c1ccc(OCc2ccccc2)cc1. The predicted molar refractivity (Wildman–Crippen MR) is 81.0 cm³/mol. The molecular formula is C18H18O2. The lowest BCUT2D eigenvalue weighted by Crippen LogP contribution is -1.99. The zero-order valence-electron chi connectivity index (χ0n) is 11.4. The third-order valence-electron chi connectivity index (χ3n) is 3.00. The smallest absolute Gasteiger partial charge is 0.163 e. The molecule has 2 heteroatoms. The van der Waals surface area contributed by atoms with Crippen molar-refractivity contribution in [3.8, 4) is 5.75 Å². The van der Waals surface area contributed by atoms with Crippen molar-refractivity contribution in [2.75, 3.05) is 0 Å². The fraction of sp³-hybridized carbons (Fsp3) is 0.167. The molecule has 0 aliphatic heterocycles. The summed E-state index contributed by atoms with van der Waals surface area (Å²) in [5.41, 5.74) is 1.84. The lowest BCUT2D eigenvalue weighted by Gasteiger charge is -2.07. The minimum atomic E-state index is 0.138. The summed E-state index contributed by atoms with van der Waals surface area (Å²) in [4.78, 5) is 11.8. The maximum atomic E-state index is 11.8. The van der Waals surface area contributed by atoms with E-state index >= 15 is 0 Å². The van der Waals surface area contributed by atoms with Crippen LogP contribution in [0.4, 0.5) is 0 Å². The summed E-state index contributed by atoms with van der Waals surface area (Å²) in [6.07, 6.45) is 2.98. The molecule has 20 heavy (non-hydrogen) atoms. The van der Waals surface area contributed by atoms with E-state index in [9.17, 15) is 4.79 Å². The number of hydrogen-bond acceptors (Lipinski definition) is 2. The number of carbonyl (C=O) groups excluding carboxylic acids is 1. The quantitative estimate of drug-likeness (QED) is 0.548. The van der Waals surface area contributed by atoms with Crippen molar-refractivity contribution in [2.24, 2.45) is 0 Å². The van der Waals surface area contributed by atoms with Crippen LogP contribution in [-0.4, -0.2) is 5.78 Å². The molecule has 0 amide bonds. The average Bonchev–Trinajstić information content (AvgIpc) is 2.52. The summed E-state index contributed by atoms with van der Waals surface area (Å²) >= 11 is 0. The van der Waals surface area contributed by atoms with Crippen LogP contribution < -0.4 is 4.74 Å². The molecule has 0 aliphatic carbocycles. The first-order valence-corrected chi connectivity index (χ1v) is 6.70. The van der Waals surface area contributed by atoms with Gasteiger partial charge < -0.3 is 4.74 Å². The summed E-state index contributed by atoms with van der Waals surface area (Å²) in [5.74, 6) is 0.911. The lowest BCUT2D eigenvalue weighted by atomic mass is 10.1. The molecule has 0 unspecified atom stereocenters. The molecule has 0 saturated carbocycles. The summed E-state index contributed by atoms with van der Waals surface area (Å²) < 4.78 is 5.68. The number of carbonyl (C=O) groups is 1. The molecule has 0 heterocycles. The minimum absolute atomic E-state index is 0.138. The first-order chi connectivity index (χ1) is 9.79. The van der Waals surface area contributed by atoms with Gasteiger partial charge >= 0.3 is 0 Å². The van der Waals surface area contributed by atoms with Crippen molar-refractivity contribution in [1.29, 1.82) is 0 Å². The summed E-state index contributed by atoms with van der Waals surface area (Å²) in [6.45, 7) is 4.15. The van der Waals surface area contributed by atoms with Gasteiger partial charge in [0.1, 0.15) is 12.4 Å². The third-order valence-corrected chi connectivity index (χ3v) is 3.00. The number of allylic oxidation sites excluding steroid dienone is 1. The topological polar surface area (TPSA) is 26.3 Å². The van der Waals surface area contributed by atoms with E-state index in [0.717, 1.165) is 16.9 Å². The molecule has 0 aromatic heterocycles. The molecule has 0 saturated heterocycles. The lowest BCUT2D eigenvalue weighted by molar-refractivity contribution is 0.0983. The summed E-state index contributed by atoms with van der Waals surface area (Å²) in [7, 11) is 0. The largest absolute Gasteiger partial charge is 0.489 e. The van der Waals surface area contributed by atoms with E-state index in [1.54, 1.807) is 6.08 Å². The number of ether oxygens (including phenoxy) is 1. The van der Waals surface area contributed by atoms with Crippen molar-refractivity contribution < 1.29 is 9.53 Å². The molecule has 2 nitrogen and oxygen atoms in total. The maximum absolute atomic E-state index is 11.8. The second-order valence-corrected chi connectivity index (χ2v) is 4.55. The molecule has 102 valence electrons. The molecule has 0 bridgehead atoms. The Kier molecular flexibility index (Phi) is 5.13. The number of ketones is 1. The van der Waals surface area contributed by atoms with E-state index in [0.29, 0.717) is 19.4 Å². The van der Waals surface area contributed by atoms with E-state index in [1.165, 1.54) is 0 Å². The predicted octanol–water partition coefficient (Wildman–Crippen LogP) is 4.41. The zero-order valence-corrected chi connectivity index (χ0v) is 11.4. The van der Waals surface area contributed by atoms with E-state index in [2.05, 4.69) is 6.58 Å².